The SMILES string of the molecule is COc1ccc(Oc2nccnc2C(=O)NN=Cc2cc(OC)cc(OC)c2)cc1. The fourth-order valence-corrected chi connectivity index (χ4v) is 2.43. The molecule has 1 heterocycles. The largest absolute Gasteiger partial charge is 0.497 e. The topological polar surface area (TPSA) is 104 Å². The summed E-state index contributed by atoms with van der Waals surface area (Å²) < 4.78 is 21.2. The van der Waals surface area contributed by atoms with Gasteiger partial charge in [-0.05, 0) is 36.4 Å². The van der Waals surface area contributed by atoms with Gasteiger partial charge in [-0.25, -0.2) is 15.4 Å². The monoisotopic (exact) mass is 408 g/mol. The highest BCUT2D eigenvalue weighted by Gasteiger charge is 2.16. The molecule has 0 bridgehead atoms. The van der Waals surface area contributed by atoms with E-state index in [1.807, 2.05) is 0 Å². The fourth-order valence-electron chi connectivity index (χ4n) is 2.43. The summed E-state index contributed by atoms with van der Waals surface area (Å²) in [5.41, 5.74) is 3.09. The van der Waals surface area contributed by atoms with E-state index in [-0.39, 0.29) is 11.6 Å². The molecule has 1 amide bonds. The van der Waals surface area contributed by atoms with Crippen molar-refractivity contribution in [2.45, 2.75) is 0 Å². The number of nitrogens with one attached hydrogen (secondary N) is 1. The Morgan fingerprint density at radius 2 is 1.47 bits per heavy atom. The predicted octanol–water partition coefficient (Wildman–Crippen LogP) is 3.06. The average molecular weight is 408 g/mol. The molecule has 0 saturated heterocycles. The summed E-state index contributed by atoms with van der Waals surface area (Å²) in [4.78, 5) is 20.7. The molecule has 9 nitrogen and oxygen atoms in total. The molecule has 3 rings (SSSR count). The number of hydrogen-bond acceptors (Lipinski definition) is 8. The van der Waals surface area contributed by atoms with Gasteiger partial charge in [0.1, 0.15) is 23.0 Å². The van der Waals surface area contributed by atoms with Crippen LogP contribution in [0.3, 0.4) is 0 Å². The Morgan fingerprint density at radius 1 is 0.867 bits per heavy atom. The van der Waals surface area contributed by atoms with Crippen LogP contribution in [0.2, 0.25) is 0 Å². The summed E-state index contributed by atoms with van der Waals surface area (Å²) in [5, 5.41) is 3.96. The Kier molecular flexibility index (Phi) is 6.78. The number of carbonyl (C=O) groups excluding carboxylic acids is 1. The van der Waals surface area contributed by atoms with Gasteiger partial charge in [0.15, 0.2) is 5.69 Å². The zero-order valence-corrected chi connectivity index (χ0v) is 16.7. The maximum absolute atomic E-state index is 12.5. The highest BCUT2D eigenvalue weighted by molar-refractivity contribution is 5.95. The molecule has 0 atom stereocenters. The van der Waals surface area contributed by atoms with E-state index in [1.54, 1.807) is 63.8 Å². The molecule has 0 aliphatic heterocycles. The number of ether oxygens (including phenoxy) is 4. The smallest absolute Gasteiger partial charge is 0.295 e. The molecule has 2 aromatic carbocycles. The molecule has 0 spiro atoms. The summed E-state index contributed by atoms with van der Waals surface area (Å²) >= 11 is 0. The third-order valence-corrected chi connectivity index (χ3v) is 3.91. The van der Waals surface area contributed by atoms with E-state index in [1.165, 1.54) is 18.6 Å². The van der Waals surface area contributed by atoms with Gasteiger partial charge in [0, 0.05) is 24.0 Å². The van der Waals surface area contributed by atoms with Crippen molar-refractivity contribution in [1.82, 2.24) is 15.4 Å². The van der Waals surface area contributed by atoms with Crippen molar-refractivity contribution in [2.24, 2.45) is 5.10 Å². The van der Waals surface area contributed by atoms with Gasteiger partial charge in [-0.2, -0.15) is 5.10 Å². The molecular formula is C21H20N4O5. The zero-order valence-electron chi connectivity index (χ0n) is 16.7. The molecule has 0 aliphatic rings. The quantitative estimate of drug-likeness (QED) is 0.451. The van der Waals surface area contributed by atoms with Crippen molar-refractivity contribution >= 4 is 12.1 Å². The number of methoxy groups -OCH3 is 3. The maximum atomic E-state index is 12.5. The molecule has 9 heteroatoms. The van der Waals surface area contributed by atoms with Gasteiger partial charge in [0.25, 0.3) is 11.8 Å². The lowest BCUT2D eigenvalue weighted by atomic mass is 10.2. The number of hydrazone groups is 1. The van der Waals surface area contributed by atoms with Gasteiger partial charge in [0.05, 0.1) is 27.5 Å². The van der Waals surface area contributed by atoms with Gasteiger partial charge in [-0.1, -0.05) is 0 Å². The molecule has 3 aromatic rings. The lowest BCUT2D eigenvalue weighted by molar-refractivity contribution is 0.0947. The van der Waals surface area contributed by atoms with Crippen molar-refractivity contribution in [3.05, 3.63) is 66.1 Å². The van der Waals surface area contributed by atoms with Gasteiger partial charge >= 0.3 is 0 Å². The van der Waals surface area contributed by atoms with Gasteiger partial charge in [0.2, 0.25) is 0 Å². The van der Waals surface area contributed by atoms with E-state index in [0.717, 1.165) is 0 Å². The minimum absolute atomic E-state index is 0.00584. The summed E-state index contributed by atoms with van der Waals surface area (Å²) in [6.45, 7) is 0. The molecule has 1 aromatic heterocycles. The molecular weight excluding hydrogens is 388 g/mol. The van der Waals surface area contributed by atoms with Crippen molar-refractivity contribution in [3.8, 4) is 28.9 Å². The average Bonchev–Trinajstić information content (AvgIpc) is 2.79. The first-order chi connectivity index (χ1) is 14.6. The van der Waals surface area contributed by atoms with Gasteiger partial charge in [-0.15, -0.1) is 0 Å². The maximum Gasteiger partial charge on any atom is 0.295 e. The third kappa shape index (κ3) is 5.22. The minimum Gasteiger partial charge on any atom is -0.497 e. The standard InChI is InChI=1S/C21H20N4O5/c1-27-15-4-6-16(7-5-15)30-21-19(22-8-9-23-21)20(26)25-24-13-14-10-17(28-2)12-18(11-14)29-3/h4-13H,1-3H3,(H,25,26). The number of amides is 1. The Balaban J connectivity index is 1.72. The van der Waals surface area contributed by atoms with Crippen LogP contribution in [0.25, 0.3) is 0 Å². The van der Waals surface area contributed by atoms with E-state index in [2.05, 4.69) is 20.5 Å². The third-order valence-electron chi connectivity index (χ3n) is 3.91. The summed E-state index contributed by atoms with van der Waals surface area (Å²) in [5.74, 6) is 1.86. The van der Waals surface area contributed by atoms with E-state index in [0.29, 0.717) is 28.6 Å². The Labute approximate surface area is 173 Å². The van der Waals surface area contributed by atoms with Crippen LogP contribution in [0.5, 0.6) is 28.9 Å². The lowest BCUT2D eigenvalue weighted by Gasteiger charge is -2.08. The Bertz CT molecular complexity index is 1020. The molecule has 0 radical (unpaired) electrons. The first-order valence-electron chi connectivity index (χ1n) is 8.82. The second-order valence-corrected chi connectivity index (χ2v) is 5.83. The van der Waals surface area contributed by atoms with Crippen LogP contribution in [0.4, 0.5) is 0 Å². The van der Waals surface area contributed by atoms with E-state index in [4.69, 9.17) is 18.9 Å². The molecule has 154 valence electrons. The van der Waals surface area contributed by atoms with E-state index in [9.17, 15) is 4.79 Å². The van der Waals surface area contributed by atoms with Gasteiger partial charge < -0.3 is 18.9 Å². The van der Waals surface area contributed by atoms with Crippen LogP contribution in [-0.2, 0) is 0 Å². The molecule has 0 aliphatic carbocycles. The number of rotatable bonds is 8. The summed E-state index contributed by atoms with van der Waals surface area (Å²) in [6, 6.07) is 12.1. The Hall–Kier alpha value is -4.14. The van der Waals surface area contributed by atoms with Crippen LogP contribution in [0, 0.1) is 0 Å². The first kappa shape index (κ1) is 20.6. The fraction of sp³-hybridized carbons (Fsp3) is 0.143. The van der Waals surface area contributed by atoms with Crippen molar-refractivity contribution in [3.63, 3.8) is 0 Å². The number of carbonyl (C=O) groups is 1. The normalized spacial score (nSPS) is 10.5. The molecule has 0 unspecified atom stereocenters. The minimum atomic E-state index is -0.572. The second-order valence-electron chi connectivity index (χ2n) is 5.83. The highest BCUT2D eigenvalue weighted by Crippen LogP contribution is 2.24. The van der Waals surface area contributed by atoms with Gasteiger partial charge in [-0.3, -0.25) is 4.79 Å². The van der Waals surface area contributed by atoms with E-state index < -0.39 is 5.91 Å². The second kappa shape index (κ2) is 9.87. The van der Waals surface area contributed by atoms with Crippen molar-refractivity contribution in [1.29, 1.82) is 0 Å². The van der Waals surface area contributed by atoms with Crippen LogP contribution < -0.4 is 24.4 Å². The summed E-state index contributed by atoms with van der Waals surface area (Å²) in [6.07, 6.45) is 4.29. The highest BCUT2D eigenvalue weighted by atomic mass is 16.5. The van der Waals surface area contributed by atoms with Crippen molar-refractivity contribution in [2.75, 3.05) is 21.3 Å². The molecule has 0 saturated carbocycles. The van der Waals surface area contributed by atoms with Crippen LogP contribution >= 0.6 is 0 Å². The molecule has 30 heavy (non-hydrogen) atoms. The number of benzene rings is 2. The molecule has 1 N–H and O–H groups in total. The van der Waals surface area contributed by atoms with Crippen molar-refractivity contribution < 1.29 is 23.7 Å². The zero-order chi connectivity index (χ0) is 21.3. The number of nitrogens with zero attached hydrogens (tertiary/aromatic N) is 3. The first-order valence-corrected chi connectivity index (χ1v) is 8.82. The lowest BCUT2D eigenvalue weighted by Crippen LogP contribution is -2.20. The predicted molar refractivity (Wildman–Crippen MR) is 110 cm³/mol. The van der Waals surface area contributed by atoms with E-state index >= 15 is 0 Å². The number of aromatic nitrogens is 2. The van der Waals surface area contributed by atoms with Crippen LogP contribution in [-0.4, -0.2) is 43.4 Å². The summed E-state index contributed by atoms with van der Waals surface area (Å²) in [7, 11) is 4.68. The molecule has 0 fully saturated rings. The van der Waals surface area contributed by atoms with Crippen LogP contribution in [0.15, 0.2) is 60.0 Å². The number of hydrogen-bond donors (Lipinski definition) is 1. The Morgan fingerprint density at radius 3 is 2.10 bits per heavy atom. The van der Waals surface area contributed by atoms with Crippen LogP contribution in [0.1, 0.15) is 16.1 Å².